The Bertz CT molecular complexity index is 956. The third-order valence-electron chi connectivity index (χ3n) is 4.57. The molecule has 0 spiro atoms. The van der Waals surface area contributed by atoms with E-state index in [2.05, 4.69) is 15.6 Å². The monoisotopic (exact) mass is 416 g/mol. The van der Waals surface area contributed by atoms with Crippen LogP contribution in [-0.2, 0) is 29.0 Å². The van der Waals surface area contributed by atoms with E-state index in [-0.39, 0.29) is 29.9 Å². The van der Waals surface area contributed by atoms with Gasteiger partial charge in [0.05, 0.1) is 5.75 Å². The molecular weight excluding hydrogens is 392 g/mol. The number of aliphatic hydroxyl groups is 1. The van der Waals surface area contributed by atoms with Crippen LogP contribution in [0.15, 0.2) is 34.1 Å². The van der Waals surface area contributed by atoms with Crippen molar-refractivity contribution in [2.75, 3.05) is 23.0 Å². The molecule has 0 atom stereocenters. The highest BCUT2D eigenvalue weighted by atomic mass is 32.2. The lowest BCUT2D eigenvalue weighted by Gasteiger charge is -2.13. The van der Waals surface area contributed by atoms with Gasteiger partial charge in [-0.3, -0.25) is 14.2 Å². The van der Waals surface area contributed by atoms with E-state index in [1.54, 1.807) is 28.8 Å². The van der Waals surface area contributed by atoms with Gasteiger partial charge in [0.2, 0.25) is 11.8 Å². The van der Waals surface area contributed by atoms with Gasteiger partial charge in [-0.25, -0.2) is 4.79 Å². The van der Waals surface area contributed by atoms with Crippen molar-refractivity contribution in [3.8, 4) is 0 Å². The molecule has 1 aliphatic rings. The van der Waals surface area contributed by atoms with Crippen LogP contribution in [0.4, 0.5) is 11.4 Å². The molecular formula is C20H24N4O4S. The van der Waals surface area contributed by atoms with E-state index in [1.165, 1.54) is 18.7 Å². The first-order chi connectivity index (χ1) is 14.0. The average molecular weight is 417 g/mol. The van der Waals surface area contributed by atoms with Crippen molar-refractivity contribution in [2.45, 2.75) is 44.2 Å². The fraction of sp³-hybridized carbons (Fsp3) is 0.400. The van der Waals surface area contributed by atoms with Crippen molar-refractivity contribution in [3.05, 3.63) is 46.0 Å². The number of carbonyl (C=O) groups is 2. The first-order valence-corrected chi connectivity index (χ1v) is 10.5. The normalized spacial score (nSPS) is 12.5. The number of thioether (sulfide) groups is 1. The average Bonchev–Trinajstić information content (AvgIpc) is 3.16. The SMILES string of the molecule is CC(=O)Nc1ccc(NC(=O)CSc2nc(=O)n(CCCO)c3c2CCC3)cc1. The molecule has 0 bridgehead atoms. The maximum absolute atomic E-state index is 12.4. The maximum atomic E-state index is 12.4. The summed E-state index contributed by atoms with van der Waals surface area (Å²) in [5, 5.41) is 15.1. The summed E-state index contributed by atoms with van der Waals surface area (Å²) >= 11 is 1.27. The molecule has 8 nitrogen and oxygen atoms in total. The Labute approximate surface area is 172 Å². The number of nitrogens with one attached hydrogen (secondary N) is 2. The number of hydrogen-bond donors (Lipinski definition) is 3. The van der Waals surface area contributed by atoms with E-state index >= 15 is 0 Å². The molecule has 1 aliphatic carbocycles. The van der Waals surface area contributed by atoms with E-state index in [0.29, 0.717) is 29.4 Å². The van der Waals surface area contributed by atoms with Gasteiger partial charge in [-0.05, 0) is 49.9 Å². The number of hydrogen-bond acceptors (Lipinski definition) is 6. The second-order valence-corrected chi connectivity index (χ2v) is 7.77. The highest BCUT2D eigenvalue weighted by Gasteiger charge is 2.22. The van der Waals surface area contributed by atoms with Crippen LogP contribution >= 0.6 is 11.8 Å². The summed E-state index contributed by atoms with van der Waals surface area (Å²) < 4.78 is 1.65. The summed E-state index contributed by atoms with van der Waals surface area (Å²) in [5.41, 5.74) is 2.99. The number of aliphatic hydroxyl groups excluding tert-OH is 1. The number of benzene rings is 1. The van der Waals surface area contributed by atoms with Gasteiger partial charge in [-0.1, -0.05) is 11.8 Å². The van der Waals surface area contributed by atoms with E-state index in [1.807, 2.05) is 0 Å². The summed E-state index contributed by atoms with van der Waals surface area (Å²) in [6.07, 6.45) is 3.14. The second-order valence-electron chi connectivity index (χ2n) is 6.80. The molecule has 0 radical (unpaired) electrons. The lowest BCUT2D eigenvalue weighted by atomic mass is 10.2. The van der Waals surface area contributed by atoms with Crippen LogP contribution in [0.5, 0.6) is 0 Å². The van der Waals surface area contributed by atoms with Crippen LogP contribution in [-0.4, -0.2) is 38.8 Å². The third-order valence-corrected chi connectivity index (χ3v) is 5.59. The van der Waals surface area contributed by atoms with Crippen LogP contribution in [0.25, 0.3) is 0 Å². The minimum atomic E-state index is -0.324. The molecule has 1 aromatic carbocycles. The van der Waals surface area contributed by atoms with Crippen LogP contribution in [0.3, 0.4) is 0 Å². The van der Waals surface area contributed by atoms with Gasteiger partial charge >= 0.3 is 5.69 Å². The number of nitrogens with zero attached hydrogens (tertiary/aromatic N) is 2. The second kappa shape index (κ2) is 9.71. The molecule has 0 aliphatic heterocycles. The van der Waals surface area contributed by atoms with E-state index in [4.69, 9.17) is 5.11 Å². The van der Waals surface area contributed by atoms with Gasteiger partial charge in [0.1, 0.15) is 5.03 Å². The Kier molecular flexibility index (Phi) is 7.05. The summed E-state index contributed by atoms with van der Waals surface area (Å²) in [6.45, 7) is 1.93. The van der Waals surface area contributed by atoms with Gasteiger partial charge in [-0.15, -0.1) is 0 Å². The Morgan fingerprint density at radius 1 is 1.17 bits per heavy atom. The minimum absolute atomic E-state index is 0.0314. The van der Waals surface area contributed by atoms with Crippen LogP contribution < -0.4 is 16.3 Å². The van der Waals surface area contributed by atoms with Gasteiger partial charge < -0.3 is 15.7 Å². The van der Waals surface area contributed by atoms with Crippen molar-refractivity contribution in [2.24, 2.45) is 0 Å². The molecule has 0 unspecified atom stereocenters. The summed E-state index contributed by atoms with van der Waals surface area (Å²) in [4.78, 5) is 39.9. The first kappa shape index (κ1) is 21.1. The molecule has 2 amide bonds. The smallest absolute Gasteiger partial charge is 0.348 e. The Balaban J connectivity index is 1.63. The highest BCUT2D eigenvalue weighted by molar-refractivity contribution is 8.00. The van der Waals surface area contributed by atoms with Crippen molar-refractivity contribution in [1.29, 1.82) is 0 Å². The lowest BCUT2D eigenvalue weighted by molar-refractivity contribution is -0.114. The number of anilines is 2. The molecule has 1 heterocycles. The third kappa shape index (κ3) is 5.45. The predicted octanol–water partition coefficient (Wildman–Crippen LogP) is 1.80. The molecule has 0 saturated carbocycles. The van der Waals surface area contributed by atoms with Crippen LogP contribution in [0, 0.1) is 0 Å². The number of rotatable bonds is 8. The number of fused-ring (bicyclic) bond motifs is 1. The maximum Gasteiger partial charge on any atom is 0.348 e. The topological polar surface area (TPSA) is 113 Å². The van der Waals surface area contributed by atoms with Crippen LogP contribution in [0.2, 0.25) is 0 Å². The van der Waals surface area contributed by atoms with E-state index < -0.39 is 0 Å². The summed E-state index contributed by atoms with van der Waals surface area (Å²) in [5.74, 6) is -0.204. The summed E-state index contributed by atoms with van der Waals surface area (Å²) in [6, 6.07) is 6.85. The zero-order valence-corrected chi connectivity index (χ0v) is 17.1. The van der Waals surface area contributed by atoms with Gasteiger partial charge in [0.15, 0.2) is 0 Å². The highest BCUT2D eigenvalue weighted by Crippen LogP contribution is 2.29. The Morgan fingerprint density at radius 3 is 2.52 bits per heavy atom. The molecule has 1 aromatic heterocycles. The van der Waals surface area contributed by atoms with Crippen molar-refractivity contribution < 1.29 is 14.7 Å². The summed E-state index contributed by atoms with van der Waals surface area (Å²) in [7, 11) is 0. The molecule has 3 rings (SSSR count). The predicted molar refractivity (Wildman–Crippen MR) is 112 cm³/mol. The van der Waals surface area contributed by atoms with E-state index in [0.717, 1.165) is 30.5 Å². The fourth-order valence-electron chi connectivity index (χ4n) is 3.34. The molecule has 29 heavy (non-hydrogen) atoms. The molecule has 0 fully saturated rings. The van der Waals surface area contributed by atoms with Crippen molar-refractivity contribution in [3.63, 3.8) is 0 Å². The Hall–Kier alpha value is -2.65. The number of carbonyl (C=O) groups excluding carboxylic acids is 2. The zero-order valence-electron chi connectivity index (χ0n) is 16.2. The molecule has 9 heteroatoms. The van der Waals surface area contributed by atoms with Gasteiger partial charge in [-0.2, -0.15) is 4.98 Å². The quantitative estimate of drug-likeness (QED) is 0.447. The Morgan fingerprint density at radius 2 is 1.86 bits per heavy atom. The van der Waals surface area contributed by atoms with Gasteiger partial charge in [0, 0.05) is 42.7 Å². The van der Waals surface area contributed by atoms with E-state index in [9.17, 15) is 14.4 Å². The fourth-order valence-corrected chi connectivity index (χ4v) is 4.21. The number of aromatic nitrogens is 2. The molecule has 154 valence electrons. The molecule has 3 N–H and O–H groups in total. The largest absolute Gasteiger partial charge is 0.396 e. The van der Waals surface area contributed by atoms with Crippen molar-refractivity contribution >= 4 is 35.0 Å². The minimum Gasteiger partial charge on any atom is -0.396 e. The van der Waals surface area contributed by atoms with Gasteiger partial charge in [0.25, 0.3) is 0 Å². The molecule has 0 saturated heterocycles. The standard InChI is InChI=1S/C20H24N4O4S/c1-13(26)21-14-6-8-15(9-7-14)22-18(27)12-29-19-16-4-2-5-17(16)24(10-3-11-25)20(28)23-19/h6-9,25H,2-5,10-12H2,1H3,(H,21,26)(H,22,27). The first-order valence-electron chi connectivity index (χ1n) is 9.51. The lowest BCUT2D eigenvalue weighted by Crippen LogP contribution is -2.28. The molecule has 2 aromatic rings. The zero-order chi connectivity index (χ0) is 20.8. The van der Waals surface area contributed by atoms with Crippen molar-refractivity contribution in [1.82, 2.24) is 9.55 Å². The number of amides is 2. The van der Waals surface area contributed by atoms with Crippen LogP contribution in [0.1, 0.15) is 31.0 Å².